The van der Waals surface area contributed by atoms with Gasteiger partial charge in [-0.05, 0) is 30.2 Å². The van der Waals surface area contributed by atoms with E-state index in [0.29, 0.717) is 23.7 Å². The van der Waals surface area contributed by atoms with Gasteiger partial charge in [-0.25, -0.2) is 4.98 Å². The van der Waals surface area contributed by atoms with E-state index in [4.69, 9.17) is 22.4 Å². The third kappa shape index (κ3) is 2.83. The van der Waals surface area contributed by atoms with Crippen LogP contribution in [0.3, 0.4) is 0 Å². The Hall–Kier alpha value is -1.86. The number of aromatic nitrogens is 4. The van der Waals surface area contributed by atoms with Crippen molar-refractivity contribution in [3.05, 3.63) is 27.7 Å². The van der Waals surface area contributed by atoms with Crippen molar-refractivity contribution in [2.75, 3.05) is 23.8 Å². The molecule has 2 aliphatic rings. The molecule has 0 saturated heterocycles. The lowest BCUT2D eigenvalue weighted by atomic mass is 9.76. The van der Waals surface area contributed by atoms with Gasteiger partial charge in [0.05, 0.1) is 24.5 Å². The Labute approximate surface area is 158 Å². The van der Waals surface area contributed by atoms with Gasteiger partial charge in [0.1, 0.15) is 11.0 Å². The molecule has 0 amide bonds. The summed E-state index contributed by atoms with van der Waals surface area (Å²) in [5.74, 6) is 0.792. The first kappa shape index (κ1) is 17.5. The molecule has 26 heavy (non-hydrogen) atoms. The molecule has 2 aromatic heterocycles. The smallest absolute Gasteiger partial charge is 0.223 e. The third-order valence-corrected chi connectivity index (χ3v) is 5.95. The van der Waals surface area contributed by atoms with E-state index in [2.05, 4.69) is 28.7 Å². The van der Waals surface area contributed by atoms with Crippen LogP contribution in [0.25, 0.3) is 0 Å². The van der Waals surface area contributed by atoms with Crippen molar-refractivity contribution in [3.63, 3.8) is 0 Å². The molecule has 0 fully saturated rings. The van der Waals surface area contributed by atoms with E-state index in [0.717, 1.165) is 30.6 Å². The van der Waals surface area contributed by atoms with Gasteiger partial charge in [-0.1, -0.05) is 25.4 Å². The van der Waals surface area contributed by atoms with Gasteiger partial charge in [0.15, 0.2) is 0 Å². The largest absolute Gasteiger partial charge is 0.396 e. The van der Waals surface area contributed by atoms with Gasteiger partial charge in [-0.2, -0.15) is 10.1 Å². The number of nitrogen functional groups attached to an aromatic ring is 1. The Morgan fingerprint density at radius 2 is 2.12 bits per heavy atom. The number of nitrogens with zero attached hydrogens (tertiary/aromatic N) is 5. The lowest BCUT2D eigenvalue weighted by Crippen LogP contribution is -2.26. The minimum absolute atomic E-state index is 0.00812. The fourth-order valence-electron chi connectivity index (χ4n) is 4.25. The van der Waals surface area contributed by atoms with Gasteiger partial charge in [-0.3, -0.25) is 4.68 Å². The van der Waals surface area contributed by atoms with Crippen molar-refractivity contribution in [1.29, 1.82) is 0 Å². The Morgan fingerprint density at radius 3 is 2.85 bits per heavy atom. The van der Waals surface area contributed by atoms with E-state index in [1.807, 2.05) is 11.7 Å². The number of rotatable bonds is 3. The standard InChI is InChI=1S/C18H25ClN6O/c1-18(2)5-4-11-12(6-18)23-24(3)13(11)8-25-7-10(9-26)14-15(19)21-17(20)22-16(14)25/h10,26H,4-9H2,1-3H3,(H2,20,21,22). The predicted molar refractivity (Wildman–Crippen MR) is 101 cm³/mol. The fraction of sp³-hybridized carbons (Fsp3) is 0.611. The van der Waals surface area contributed by atoms with Crippen LogP contribution in [0.2, 0.25) is 5.15 Å². The summed E-state index contributed by atoms with van der Waals surface area (Å²) in [5.41, 5.74) is 10.7. The predicted octanol–water partition coefficient (Wildman–Crippen LogP) is 2.06. The van der Waals surface area contributed by atoms with Crippen molar-refractivity contribution < 1.29 is 5.11 Å². The summed E-state index contributed by atoms with van der Waals surface area (Å²) < 4.78 is 1.99. The van der Waals surface area contributed by atoms with Crippen LogP contribution in [0.5, 0.6) is 0 Å². The normalized spacial score (nSPS) is 21.0. The first-order valence-corrected chi connectivity index (χ1v) is 9.39. The maximum Gasteiger partial charge on any atom is 0.223 e. The van der Waals surface area contributed by atoms with Crippen LogP contribution in [0.15, 0.2) is 0 Å². The molecule has 140 valence electrons. The molecule has 1 aliphatic carbocycles. The maximum atomic E-state index is 9.77. The molecule has 0 spiro atoms. The van der Waals surface area contributed by atoms with Crippen molar-refractivity contribution in [3.8, 4) is 0 Å². The van der Waals surface area contributed by atoms with Crippen LogP contribution < -0.4 is 10.6 Å². The molecule has 7 nitrogen and oxygen atoms in total. The Balaban J connectivity index is 1.69. The van der Waals surface area contributed by atoms with Crippen molar-refractivity contribution in [2.45, 2.75) is 45.6 Å². The lowest BCUT2D eigenvalue weighted by molar-refractivity contribution is 0.270. The van der Waals surface area contributed by atoms with Crippen LogP contribution in [-0.2, 0) is 26.4 Å². The highest BCUT2D eigenvalue weighted by Gasteiger charge is 2.35. The molecule has 3 heterocycles. The van der Waals surface area contributed by atoms with Crippen LogP contribution in [0, 0.1) is 5.41 Å². The molecule has 0 saturated carbocycles. The van der Waals surface area contributed by atoms with Gasteiger partial charge >= 0.3 is 0 Å². The van der Waals surface area contributed by atoms with Gasteiger partial charge in [0.2, 0.25) is 5.95 Å². The molecule has 0 aromatic carbocycles. The number of fused-ring (bicyclic) bond motifs is 2. The molecular weight excluding hydrogens is 352 g/mol. The average Bonchev–Trinajstić information content (AvgIpc) is 3.04. The summed E-state index contributed by atoms with van der Waals surface area (Å²) >= 11 is 6.29. The van der Waals surface area contributed by atoms with E-state index in [-0.39, 0.29) is 18.5 Å². The van der Waals surface area contributed by atoms with Crippen molar-refractivity contribution in [1.82, 2.24) is 19.7 Å². The number of aliphatic hydroxyl groups is 1. The van der Waals surface area contributed by atoms with E-state index in [1.54, 1.807) is 0 Å². The zero-order valence-electron chi connectivity index (χ0n) is 15.5. The Kier molecular flexibility index (Phi) is 4.11. The topological polar surface area (TPSA) is 93.1 Å². The second-order valence-electron chi connectivity index (χ2n) is 8.21. The quantitative estimate of drug-likeness (QED) is 0.796. The number of halogens is 1. The summed E-state index contributed by atoms with van der Waals surface area (Å²) in [5, 5.41) is 14.9. The minimum Gasteiger partial charge on any atom is -0.396 e. The molecule has 2 aromatic rings. The SMILES string of the molecule is Cn1nc2c(c1CN1CC(CO)c3c(Cl)nc(N)nc31)CCC(C)(C)C2. The monoisotopic (exact) mass is 376 g/mol. The van der Waals surface area contributed by atoms with Gasteiger partial charge in [0.25, 0.3) is 0 Å². The van der Waals surface area contributed by atoms with Crippen LogP contribution >= 0.6 is 11.6 Å². The van der Waals surface area contributed by atoms with Gasteiger partial charge in [-0.15, -0.1) is 0 Å². The highest BCUT2D eigenvalue weighted by molar-refractivity contribution is 6.30. The molecule has 0 radical (unpaired) electrons. The van der Waals surface area contributed by atoms with E-state index in [9.17, 15) is 5.11 Å². The number of nitrogens with two attached hydrogens (primary N) is 1. The molecular formula is C18H25ClN6O. The maximum absolute atomic E-state index is 9.77. The number of aliphatic hydroxyl groups excluding tert-OH is 1. The van der Waals surface area contributed by atoms with Crippen molar-refractivity contribution >= 4 is 23.4 Å². The number of hydrogen-bond acceptors (Lipinski definition) is 6. The lowest BCUT2D eigenvalue weighted by Gasteiger charge is -2.29. The van der Waals surface area contributed by atoms with Gasteiger partial charge < -0.3 is 15.7 Å². The summed E-state index contributed by atoms with van der Waals surface area (Å²) in [7, 11) is 2.00. The van der Waals surface area contributed by atoms with Gasteiger partial charge in [0, 0.05) is 25.1 Å². The Morgan fingerprint density at radius 1 is 1.35 bits per heavy atom. The minimum atomic E-state index is -0.0962. The van der Waals surface area contributed by atoms with E-state index < -0.39 is 0 Å². The fourth-order valence-corrected chi connectivity index (χ4v) is 4.57. The Bertz CT molecular complexity index is 862. The molecule has 3 N–H and O–H groups in total. The van der Waals surface area contributed by atoms with Crippen LogP contribution in [0.4, 0.5) is 11.8 Å². The number of anilines is 2. The zero-order chi connectivity index (χ0) is 18.6. The summed E-state index contributed by atoms with van der Waals surface area (Å²) in [4.78, 5) is 10.6. The molecule has 1 aliphatic heterocycles. The molecule has 4 rings (SSSR count). The number of hydrogen-bond donors (Lipinski definition) is 2. The molecule has 1 unspecified atom stereocenters. The highest BCUT2D eigenvalue weighted by atomic mass is 35.5. The van der Waals surface area contributed by atoms with Crippen LogP contribution in [0.1, 0.15) is 48.7 Å². The second kappa shape index (κ2) is 6.09. The first-order valence-electron chi connectivity index (χ1n) is 9.01. The molecule has 1 atom stereocenters. The average molecular weight is 377 g/mol. The van der Waals surface area contributed by atoms with E-state index >= 15 is 0 Å². The summed E-state index contributed by atoms with van der Waals surface area (Å²) in [6.45, 7) is 5.93. The molecule has 8 heteroatoms. The molecule has 0 bridgehead atoms. The second-order valence-corrected chi connectivity index (χ2v) is 8.56. The highest BCUT2D eigenvalue weighted by Crippen LogP contribution is 2.41. The first-order chi connectivity index (χ1) is 12.3. The zero-order valence-corrected chi connectivity index (χ0v) is 16.2. The van der Waals surface area contributed by atoms with Crippen molar-refractivity contribution in [2.24, 2.45) is 12.5 Å². The number of aryl methyl sites for hydroxylation is 1. The van der Waals surface area contributed by atoms with Crippen LogP contribution in [-0.4, -0.2) is 38.0 Å². The summed E-state index contributed by atoms with van der Waals surface area (Å²) in [6, 6.07) is 0. The third-order valence-electron chi connectivity index (χ3n) is 5.66. The summed E-state index contributed by atoms with van der Waals surface area (Å²) in [6.07, 6.45) is 3.21. The van der Waals surface area contributed by atoms with E-state index in [1.165, 1.54) is 17.0 Å².